The van der Waals surface area contributed by atoms with Crippen molar-refractivity contribution in [1.29, 1.82) is 0 Å². The van der Waals surface area contributed by atoms with Crippen LogP contribution in [0.15, 0.2) is 48.2 Å². The van der Waals surface area contributed by atoms with E-state index in [1.165, 1.54) is 26.0 Å². The molecule has 34 heavy (non-hydrogen) atoms. The van der Waals surface area contributed by atoms with Gasteiger partial charge in [-0.1, -0.05) is 12.1 Å². The third kappa shape index (κ3) is 5.74. The van der Waals surface area contributed by atoms with Gasteiger partial charge in [0.2, 0.25) is 5.91 Å². The summed E-state index contributed by atoms with van der Waals surface area (Å²) in [6.07, 6.45) is 0.528. The molecule has 1 heterocycles. The lowest BCUT2D eigenvalue weighted by molar-refractivity contribution is -0.137. The van der Waals surface area contributed by atoms with Gasteiger partial charge in [-0.05, 0) is 31.0 Å². The molecule has 0 unspecified atom stereocenters. The summed E-state index contributed by atoms with van der Waals surface area (Å²) in [5, 5.41) is 5.80. The van der Waals surface area contributed by atoms with E-state index in [-0.39, 0.29) is 23.7 Å². The first-order valence-electron chi connectivity index (χ1n) is 10.9. The second-order valence-corrected chi connectivity index (χ2v) is 7.55. The van der Waals surface area contributed by atoms with Crippen LogP contribution in [-0.4, -0.2) is 56.6 Å². The maximum Gasteiger partial charge on any atom is 0.278 e. The van der Waals surface area contributed by atoms with E-state index in [4.69, 9.17) is 14.2 Å². The van der Waals surface area contributed by atoms with Gasteiger partial charge in [-0.15, -0.1) is 0 Å². The number of anilines is 2. The quantitative estimate of drug-likeness (QED) is 0.386. The molecule has 0 fully saturated rings. The molecular weight excluding hydrogens is 438 g/mol. The molecule has 0 spiro atoms. The Balaban J connectivity index is 1.98. The van der Waals surface area contributed by atoms with Crippen molar-refractivity contribution in [3.8, 4) is 11.5 Å². The van der Waals surface area contributed by atoms with Crippen LogP contribution in [0.25, 0.3) is 5.57 Å². The Morgan fingerprint density at radius 1 is 0.941 bits per heavy atom. The number of nitrogens with one attached hydrogen (secondary N) is 2. The Hall–Kier alpha value is -3.85. The number of nitrogens with zero attached hydrogens (tertiary/aromatic N) is 1. The van der Waals surface area contributed by atoms with Gasteiger partial charge in [0.1, 0.15) is 17.2 Å². The van der Waals surface area contributed by atoms with Crippen LogP contribution in [0.4, 0.5) is 11.4 Å². The molecule has 2 aromatic rings. The molecular formula is C25H29N3O6. The summed E-state index contributed by atoms with van der Waals surface area (Å²) < 4.78 is 16.0. The zero-order valence-electron chi connectivity index (χ0n) is 19.8. The normalized spacial score (nSPS) is 13.4. The van der Waals surface area contributed by atoms with Gasteiger partial charge in [-0.3, -0.25) is 19.3 Å². The monoisotopic (exact) mass is 467 g/mol. The number of methoxy groups -OCH3 is 2. The molecule has 1 aliphatic rings. The summed E-state index contributed by atoms with van der Waals surface area (Å²) in [5.74, 6) is 0.0484. The first kappa shape index (κ1) is 24.8. The second-order valence-electron chi connectivity index (χ2n) is 7.55. The van der Waals surface area contributed by atoms with Crippen molar-refractivity contribution in [2.24, 2.45) is 0 Å². The fourth-order valence-corrected chi connectivity index (χ4v) is 3.58. The van der Waals surface area contributed by atoms with E-state index in [1.54, 1.807) is 42.5 Å². The Labute approximate surface area is 198 Å². The van der Waals surface area contributed by atoms with Crippen molar-refractivity contribution in [3.05, 3.63) is 53.7 Å². The van der Waals surface area contributed by atoms with Crippen LogP contribution in [0.5, 0.6) is 11.5 Å². The molecule has 0 aliphatic carbocycles. The summed E-state index contributed by atoms with van der Waals surface area (Å²) in [7, 11) is 3.06. The number of ether oxygens (including phenoxy) is 3. The van der Waals surface area contributed by atoms with Gasteiger partial charge >= 0.3 is 0 Å². The molecule has 0 aromatic heterocycles. The molecule has 3 rings (SSSR count). The smallest absolute Gasteiger partial charge is 0.278 e. The largest absolute Gasteiger partial charge is 0.497 e. The molecule has 9 heteroatoms. The minimum Gasteiger partial charge on any atom is -0.497 e. The lowest BCUT2D eigenvalue weighted by Crippen LogP contribution is -2.34. The zero-order chi connectivity index (χ0) is 24.7. The lowest BCUT2D eigenvalue weighted by atomic mass is 10.0. The van der Waals surface area contributed by atoms with E-state index in [2.05, 4.69) is 10.6 Å². The number of carbonyl (C=O) groups is 3. The van der Waals surface area contributed by atoms with Crippen molar-refractivity contribution in [3.63, 3.8) is 0 Å². The van der Waals surface area contributed by atoms with Gasteiger partial charge in [0.05, 0.1) is 19.8 Å². The summed E-state index contributed by atoms with van der Waals surface area (Å²) >= 11 is 0. The Morgan fingerprint density at radius 3 is 2.15 bits per heavy atom. The van der Waals surface area contributed by atoms with Crippen LogP contribution < -0.4 is 20.1 Å². The highest BCUT2D eigenvalue weighted by Crippen LogP contribution is 2.33. The van der Waals surface area contributed by atoms with E-state index in [0.717, 1.165) is 0 Å². The van der Waals surface area contributed by atoms with Crippen molar-refractivity contribution in [2.75, 3.05) is 44.6 Å². The van der Waals surface area contributed by atoms with E-state index in [9.17, 15) is 14.4 Å². The van der Waals surface area contributed by atoms with Crippen molar-refractivity contribution < 1.29 is 28.6 Å². The molecule has 0 radical (unpaired) electrons. The standard InChI is InChI=1S/C25H29N3O6/c1-5-34-12-6-11-28-24(30)22(17-7-9-18(10-8-17)26-16(2)29)23(25(28)31)27-19-13-20(32-3)15-21(14-19)33-4/h7-10,13-15,27H,5-6,11-12H2,1-4H3,(H,26,29). The minimum atomic E-state index is -0.427. The van der Waals surface area contributed by atoms with Crippen molar-refractivity contribution in [1.82, 2.24) is 4.90 Å². The molecule has 2 aromatic carbocycles. The van der Waals surface area contributed by atoms with Crippen LogP contribution >= 0.6 is 0 Å². The summed E-state index contributed by atoms with van der Waals surface area (Å²) in [6.45, 7) is 4.56. The fourth-order valence-electron chi connectivity index (χ4n) is 3.58. The average Bonchev–Trinajstić information content (AvgIpc) is 3.05. The summed E-state index contributed by atoms with van der Waals surface area (Å²) in [4.78, 5) is 39.2. The van der Waals surface area contributed by atoms with Crippen molar-refractivity contribution >= 4 is 34.7 Å². The SMILES string of the molecule is CCOCCCN1C(=O)C(Nc2cc(OC)cc(OC)c2)=C(c2ccc(NC(C)=O)cc2)C1=O. The van der Waals surface area contributed by atoms with Gasteiger partial charge < -0.3 is 24.8 Å². The first-order chi connectivity index (χ1) is 16.4. The predicted octanol–water partition coefficient (Wildman–Crippen LogP) is 3.28. The third-order valence-corrected chi connectivity index (χ3v) is 5.16. The van der Waals surface area contributed by atoms with E-state index < -0.39 is 11.8 Å². The number of benzene rings is 2. The molecule has 180 valence electrons. The van der Waals surface area contributed by atoms with Gasteiger partial charge in [-0.2, -0.15) is 0 Å². The molecule has 0 saturated heterocycles. The zero-order valence-corrected chi connectivity index (χ0v) is 19.8. The highest BCUT2D eigenvalue weighted by atomic mass is 16.5. The Morgan fingerprint density at radius 2 is 1.59 bits per heavy atom. The highest BCUT2D eigenvalue weighted by Gasteiger charge is 2.39. The van der Waals surface area contributed by atoms with E-state index >= 15 is 0 Å². The van der Waals surface area contributed by atoms with Gasteiger partial charge in [0.25, 0.3) is 11.8 Å². The lowest BCUT2D eigenvalue weighted by Gasteiger charge is -2.15. The number of hydrogen-bond acceptors (Lipinski definition) is 7. The fraction of sp³-hybridized carbons (Fsp3) is 0.320. The molecule has 0 bridgehead atoms. The maximum absolute atomic E-state index is 13.3. The molecule has 9 nitrogen and oxygen atoms in total. The van der Waals surface area contributed by atoms with Crippen LogP contribution in [0, 0.1) is 0 Å². The molecule has 3 amide bonds. The average molecular weight is 468 g/mol. The summed E-state index contributed by atoms with van der Waals surface area (Å²) in [5.41, 5.74) is 2.09. The van der Waals surface area contributed by atoms with Gasteiger partial charge in [-0.25, -0.2) is 0 Å². The summed E-state index contributed by atoms with van der Waals surface area (Å²) in [6, 6.07) is 11.9. The minimum absolute atomic E-state index is 0.156. The molecule has 2 N–H and O–H groups in total. The predicted molar refractivity (Wildman–Crippen MR) is 129 cm³/mol. The Bertz CT molecular complexity index is 1070. The van der Waals surface area contributed by atoms with Crippen LogP contribution in [0.2, 0.25) is 0 Å². The number of hydrogen-bond donors (Lipinski definition) is 2. The van der Waals surface area contributed by atoms with Gasteiger partial charge in [0.15, 0.2) is 0 Å². The first-order valence-corrected chi connectivity index (χ1v) is 10.9. The van der Waals surface area contributed by atoms with Crippen molar-refractivity contribution in [2.45, 2.75) is 20.3 Å². The molecule has 0 atom stereocenters. The highest BCUT2D eigenvalue weighted by molar-refractivity contribution is 6.36. The number of carbonyl (C=O) groups excluding carboxylic acids is 3. The van der Waals surface area contributed by atoms with Crippen LogP contribution in [0.3, 0.4) is 0 Å². The molecule has 0 saturated carbocycles. The van der Waals surface area contributed by atoms with E-state index in [1.807, 2.05) is 6.92 Å². The maximum atomic E-state index is 13.3. The number of amides is 3. The van der Waals surface area contributed by atoms with Gasteiger partial charge in [0, 0.05) is 56.3 Å². The third-order valence-electron chi connectivity index (χ3n) is 5.16. The topological polar surface area (TPSA) is 106 Å². The van der Waals surface area contributed by atoms with E-state index in [0.29, 0.717) is 48.1 Å². The number of rotatable bonds is 11. The molecule has 1 aliphatic heterocycles. The second kappa shape index (κ2) is 11.3. The Kier molecular flexibility index (Phi) is 8.26. The van der Waals surface area contributed by atoms with Crippen LogP contribution in [-0.2, 0) is 19.1 Å². The van der Waals surface area contributed by atoms with Crippen LogP contribution in [0.1, 0.15) is 25.8 Å². The number of imide groups is 1.